The topological polar surface area (TPSA) is 138 Å². The number of thiazole rings is 1. The Balaban J connectivity index is 1.59. The molecule has 4 rings (SSSR count). The van der Waals surface area contributed by atoms with Crippen LogP contribution in [0.3, 0.4) is 0 Å². The Kier molecular flexibility index (Phi) is 11.5. The summed E-state index contributed by atoms with van der Waals surface area (Å²) in [6, 6.07) is -0.745. The van der Waals surface area contributed by atoms with Crippen LogP contribution in [0.5, 0.6) is 0 Å². The van der Waals surface area contributed by atoms with E-state index in [-0.39, 0.29) is 24.3 Å². The summed E-state index contributed by atoms with van der Waals surface area (Å²) in [5.74, 6) is -3.21. The molecule has 1 amide bonds. The van der Waals surface area contributed by atoms with Crippen molar-refractivity contribution in [3.8, 4) is 10.7 Å². The van der Waals surface area contributed by atoms with Crippen molar-refractivity contribution in [1.29, 1.82) is 0 Å². The fourth-order valence-electron chi connectivity index (χ4n) is 6.83. The van der Waals surface area contributed by atoms with Crippen molar-refractivity contribution in [2.45, 2.75) is 103 Å². The molecule has 2 aromatic heterocycles. The molecule has 0 bridgehead atoms. The standard InChI is InChI=1S/C32H47BN6O6S/c1-9-24-32(7)27(39(30(42)45-32)14-11-10-13-38-18-23(36-37-38)28-34-12-15-46-28)22(5)35-17-19(2)16-31(6,43-8)26(33)20(3)25(40)21(4)29(41)44-24/h10-12,15,18-22,24,26-27,35H,9,13-14,16-17H2,1-8H3/b11-10+/t19-,20+,21-,22-,24-,26-,27-,31-,32-/m1/s1. The average molecular weight is 655 g/mol. The zero-order valence-corrected chi connectivity index (χ0v) is 29.0. The number of fused-ring (bicyclic) bond motifs is 1. The highest BCUT2D eigenvalue weighted by molar-refractivity contribution is 7.13. The quantitative estimate of drug-likeness (QED) is 0.201. The van der Waals surface area contributed by atoms with E-state index < -0.39 is 53.1 Å². The van der Waals surface area contributed by atoms with Gasteiger partial charge in [-0.1, -0.05) is 38.1 Å². The van der Waals surface area contributed by atoms with Crippen molar-refractivity contribution in [2.24, 2.45) is 17.8 Å². The predicted molar refractivity (Wildman–Crippen MR) is 175 cm³/mol. The molecule has 250 valence electrons. The number of nitrogens with one attached hydrogen (secondary N) is 1. The molecule has 1 N–H and O–H groups in total. The van der Waals surface area contributed by atoms with Gasteiger partial charge in [-0.2, -0.15) is 0 Å². The van der Waals surface area contributed by atoms with E-state index in [1.54, 1.807) is 36.7 Å². The first-order valence-corrected chi connectivity index (χ1v) is 16.9. The summed E-state index contributed by atoms with van der Waals surface area (Å²) in [5.41, 5.74) is -1.30. The third-order valence-corrected chi connectivity index (χ3v) is 10.4. The van der Waals surface area contributed by atoms with Gasteiger partial charge in [0.15, 0.2) is 5.60 Å². The van der Waals surface area contributed by atoms with Gasteiger partial charge in [-0.15, -0.1) is 16.4 Å². The number of allylic oxidation sites excluding steroid dienone is 1. The number of ether oxygens (including phenoxy) is 3. The summed E-state index contributed by atoms with van der Waals surface area (Å²) < 4.78 is 19.7. The third-order valence-electron chi connectivity index (χ3n) is 9.64. The van der Waals surface area contributed by atoms with Gasteiger partial charge >= 0.3 is 12.1 Å². The van der Waals surface area contributed by atoms with E-state index in [0.29, 0.717) is 31.6 Å². The number of nitrogens with zero attached hydrogens (tertiary/aromatic N) is 5. The SMILES string of the molecule is [B][C@@H]1[C@@H](C)C(=O)[C@@H](C)C(=O)O[C@H](CC)[C@@]2(C)OC(=O)N(C/C=C/Cn3cc(-c4nccs4)nn3)[C@@H]2[C@@H](C)NC[C@H](C)C[C@@]1(C)OC. The first-order chi connectivity index (χ1) is 21.8. The first-order valence-electron chi connectivity index (χ1n) is 16.0. The summed E-state index contributed by atoms with van der Waals surface area (Å²) in [6.07, 6.45) is 7.01. The average Bonchev–Trinajstić information content (AvgIpc) is 3.78. The molecule has 0 aromatic carbocycles. The van der Waals surface area contributed by atoms with Crippen LogP contribution in [-0.4, -0.2) is 100 Å². The molecular formula is C32H47BN6O6S. The predicted octanol–water partition coefficient (Wildman–Crippen LogP) is 4.08. The number of methoxy groups -OCH3 is 1. The van der Waals surface area contributed by atoms with E-state index in [4.69, 9.17) is 22.1 Å². The van der Waals surface area contributed by atoms with Crippen molar-refractivity contribution in [3.05, 3.63) is 29.9 Å². The van der Waals surface area contributed by atoms with E-state index in [2.05, 4.69) is 27.5 Å². The summed E-state index contributed by atoms with van der Waals surface area (Å²) in [7, 11) is 8.23. The molecule has 14 heteroatoms. The molecule has 2 aliphatic heterocycles. The lowest BCUT2D eigenvalue weighted by atomic mass is 9.62. The molecule has 2 fully saturated rings. The normalized spacial score (nSPS) is 35.0. The Morgan fingerprint density at radius 1 is 1.17 bits per heavy atom. The maximum absolute atomic E-state index is 13.5. The molecule has 2 aliphatic rings. The maximum atomic E-state index is 13.5. The first kappa shape index (κ1) is 35.8. The van der Waals surface area contributed by atoms with Crippen molar-refractivity contribution in [1.82, 2.24) is 30.2 Å². The van der Waals surface area contributed by atoms with Gasteiger partial charge in [-0.3, -0.25) is 14.5 Å². The van der Waals surface area contributed by atoms with Crippen LogP contribution in [0.25, 0.3) is 10.7 Å². The largest absolute Gasteiger partial charge is 0.458 e. The van der Waals surface area contributed by atoms with Gasteiger partial charge < -0.3 is 19.5 Å². The molecule has 0 spiro atoms. The molecule has 0 unspecified atom stereocenters. The number of hydrogen-bond acceptors (Lipinski definition) is 11. The monoisotopic (exact) mass is 654 g/mol. The van der Waals surface area contributed by atoms with E-state index >= 15 is 0 Å². The lowest BCUT2D eigenvalue weighted by Crippen LogP contribution is -2.60. The van der Waals surface area contributed by atoms with Crippen LogP contribution in [-0.2, 0) is 30.3 Å². The van der Waals surface area contributed by atoms with Crippen molar-refractivity contribution < 1.29 is 28.6 Å². The Labute approximate surface area is 277 Å². The van der Waals surface area contributed by atoms with Gasteiger partial charge in [0.25, 0.3) is 0 Å². The van der Waals surface area contributed by atoms with E-state index in [1.165, 1.54) is 11.3 Å². The minimum Gasteiger partial charge on any atom is -0.458 e. The van der Waals surface area contributed by atoms with Crippen molar-refractivity contribution in [2.75, 3.05) is 20.2 Å². The number of esters is 1. The number of cyclic esters (lactones) is 1. The summed E-state index contributed by atoms with van der Waals surface area (Å²) >= 11 is 1.49. The summed E-state index contributed by atoms with van der Waals surface area (Å²) in [5, 5.41) is 14.7. The second-order valence-corrected chi connectivity index (χ2v) is 14.0. The molecule has 12 nitrogen and oxygen atoms in total. The smallest absolute Gasteiger partial charge is 0.411 e. The van der Waals surface area contributed by atoms with Crippen LogP contribution in [0.1, 0.15) is 61.3 Å². The second kappa shape index (κ2) is 14.8. The number of ketones is 1. The number of hydrogen-bond donors (Lipinski definition) is 1. The van der Waals surface area contributed by atoms with Crippen LogP contribution in [0.15, 0.2) is 29.9 Å². The van der Waals surface area contributed by atoms with Gasteiger partial charge in [0.2, 0.25) is 0 Å². The lowest BCUT2D eigenvalue weighted by Gasteiger charge is -2.41. The van der Waals surface area contributed by atoms with Gasteiger partial charge in [0.1, 0.15) is 28.5 Å². The van der Waals surface area contributed by atoms with Crippen LogP contribution >= 0.6 is 11.3 Å². The van der Waals surface area contributed by atoms with Crippen LogP contribution in [0.2, 0.25) is 5.82 Å². The molecule has 2 saturated heterocycles. The minimum atomic E-state index is -1.19. The zero-order chi connectivity index (χ0) is 33.8. The lowest BCUT2D eigenvalue weighted by molar-refractivity contribution is -0.170. The highest BCUT2D eigenvalue weighted by Gasteiger charge is 2.58. The minimum absolute atomic E-state index is 0.109. The van der Waals surface area contributed by atoms with E-state index in [1.807, 2.05) is 51.4 Å². The molecule has 2 radical (unpaired) electrons. The Morgan fingerprint density at radius 2 is 1.89 bits per heavy atom. The van der Waals surface area contributed by atoms with Gasteiger partial charge in [0.05, 0.1) is 32.2 Å². The van der Waals surface area contributed by atoms with Crippen molar-refractivity contribution in [3.63, 3.8) is 0 Å². The Hall–Kier alpha value is -3.10. The zero-order valence-electron chi connectivity index (χ0n) is 28.1. The summed E-state index contributed by atoms with van der Waals surface area (Å²) in [6.45, 7) is 14.3. The van der Waals surface area contributed by atoms with E-state index in [9.17, 15) is 14.4 Å². The highest BCUT2D eigenvalue weighted by atomic mass is 32.1. The molecule has 2 aromatic rings. The number of Topliss-reactive ketones (excluding diaryl/α,β-unsaturated/α-hetero) is 1. The van der Waals surface area contributed by atoms with Crippen molar-refractivity contribution >= 4 is 37.0 Å². The maximum Gasteiger partial charge on any atom is 0.411 e. The number of rotatable bonds is 7. The fraction of sp³-hybridized carbons (Fsp3) is 0.688. The number of carbonyl (C=O) groups excluding carboxylic acids is 3. The third kappa shape index (κ3) is 7.39. The van der Waals surface area contributed by atoms with Crippen LogP contribution < -0.4 is 5.32 Å². The van der Waals surface area contributed by atoms with Crippen LogP contribution in [0.4, 0.5) is 4.79 Å². The highest BCUT2D eigenvalue weighted by Crippen LogP contribution is 2.40. The number of aromatic nitrogens is 4. The molecule has 0 aliphatic carbocycles. The van der Waals surface area contributed by atoms with Crippen LogP contribution in [0, 0.1) is 17.8 Å². The Bertz CT molecular complexity index is 1390. The second-order valence-electron chi connectivity index (χ2n) is 13.1. The molecule has 4 heterocycles. The fourth-order valence-corrected chi connectivity index (χ4v) is 7.42. The number of amides is 1. The van der Waals surface area contributed by atoms with Gasteiger partial charge in [-0.25, -0.2) is 14.5 Å². The molecular weight excluding hydrogens is 607 g/mol. The van der Waals surface area contributed by atoms with Gasteiger partial charge in [-0.05, 0) is 58.8 Å². The molecule has 0 saturated carbocycles. The van der Waals surface area contributed by atoms with Gasteiger partial charge in [0, 0.05) is 37.2 Å². The Morgan fingerprint density at radius 3 is 2.54 bits per heavy atom. The van der Waals surface area contributed by atoms with E-state index in [0.717, 1.165) is 5.01 Å². The summed E-state index contributed by atoms with van der Waals surface area (Å²) in [4.78, 5) is 46.4. The molecule has 46 heavy (non-hydrogen) atoms. The number of carbonyl (C=O) groups is 3. The molecule has 9 atom stereocenters.